The maximum atomic E-state index is 12.6. The molecule has 0 bridgehead atoms. The molecule has 2 rings (SSSR count). The van der Waals surface area contributed by atoms with Gasteiger partial charge in [-0.15, -0.1) is 12.4 Å². The average molecular weight is 390 g/mol. The zero-order valence-electron chi connectivity index (χ0n) is 10.3. The number of hydrogen-bond donors (Lipinski definition) is 1. The number of nitrogens with one attached hydrogen (secondary N) is 1. The highest BCUT2D eigenvalue weighted by atomic mass is 79.9. The third-order valence-corrected chi connectivity index (χ3v) is 6.41. The lowest BCUT2D eigenvalue weighted by Crippen LogP contribution is -2.52. The normalized spacial score (nSPS) is 20.9. The van der Waals surface area contributed by atoms with Gasteiger partial charge in [-0.1, -0.05) is 17.7 Å². The number of sulfonamides is 1. The fourth-order valence-corrected chi connectivity index (χ4v) is 4.62. The van der Waals surface area contributed by atoms with Crippen molar-refractivity contribution in [2.75, 3.05) is 19.6 Å². The second-order valence-electron chi connectivity index (χ2n) is 4.22. The minimum absolute atomic E-state index is 0. The maximum Gasteiger partial charge on any atom is 0.244 e. The van der Waals surface area contributed by atoms with Crippen LogP contribution in [0.15, 0.2) is 27.6 Å². The van der Waals surface area contributed by atoms with Crippen molar-refractivity contribution < 1.29 is 8.42 Å². The van der Waals surface area contributed by atoms with E-state index in [9.17, 15) is 8.42 Å². The number of nitrogens with zero attached hydrogens (tertiary/aromatic N) is 1. The molecule has 0 saturated carbocycles. The van der Waals surface area contributed by atoms with E-state index in [-0.39, 0.29) is 28.4 Å². The summed E-state index contributed by atoms with van der Waals surface area (Å²) in [6.07, 6.45) is 0. The first-order chi connectivity index (χ1) is 8.44. The molecule has 1 atom stereocenters. The molecule has 1 aromatic rings. The summed E-state index contributed by atoms with van der Waals surface area (Å²) in [6.45, 7) is 3.67. The van der Waals surface area contributed by atoms with Crippen LogP contribution in [-0.2, 0) is 10.0 Å². The molecule has 1 fully saturated rings. The standard InChI is InChI=1S/C11H14BrClN2O2S.ClH/c1-8-7-14-5-6-15(8)18(16,17)10-4-2-3-9(12)11(10)13;/h2-4,8,14H,5-7H2,1H3;1H. The second kappa shape index (κ2) is 6.74. The van der Waals surface area contributed by atoms with Crippen molar-refractivity contribution >= 4 is 50.0 Å². The Morgan fingerprint density at radius 1 is 1.47 bits per heavy atom. The SMILES string of the molecule is CC1CNCCN1S(=O)(=O)c1cccc(Br)c1Cl.Cl. The molecule has 0 amide bonds. The fraction of sp³-hybridized carbons (Fsp3) is 0.455. The summed E-state index contributed by atoms with van der Waals surface area (Å²) in [7, 11) is -3.53. The molecule has 0 spiro atoms. The zero-order chi connectivity index (χ0) is 13.3. The molecule has 4 nitrogen and oxygen atoms in total. The first-order valence-electron chi connectivity index (χ1n) is 5.61. The summed E-state index contributed by atoms with van der Waals surface area (Å²) in [6, 6.07) is 4.87. The molecule has 1 N–H and O–H groups in total. The highest BCUT2D eigenvalue weighted by Gasteiger charge is 2.32. The van der Waals surface area contributed by atoms with Gasteiger partial charge in [0.25, 0.3) is 0 Å². The molecular formula is C11H15BrCl2N2O2S. The van der Waals surface area contributed by atoms with Gasteiger partial charge in [-0.05, 0) is 35.0 Å². The summed E-state index contributed by atoms with van der Waals surface area (Å²) in [5.74, 6) is 0. The van der Waals surface area contributed by atoms with E-state index in [2.05, 4.69) is 21.2 Å². The van der Waals surface area contributed by atoms with Crippen molar-refractivity contribution in [3.05, 3.63) is 27.7 Å². The Balaban J connectivity index is 0.00000180. The topological polar surface area (TPSA) is 49.4 Å². The molecule has 1 heterocycles. The third kappa shape index (κ3) is 3.43. The van der Waals surface area contributed by atoms with Crippen LogP contribution in [0.5, 0.6) is 0 Å². The highest BCUT2D eigenvalue weighted by Crippen LogP contribution is 2.31. The Labute approximate surface area is 133 Å². The number of rotatable bonds is 2. The fourth-order valence-electron chi connectivity index (χ4n) is 1.99. The first-order valence-corrected chi connectivity index (χ1v) is 8.22. The Morgan fingerprint density at radius 2 is 2.16 bits per heavy atom. The van der Waals surface area contributed by atoms with Gasteiger partial charge < -0.3 is 5.32 Å². The van der Waals surface area contributed by atoms with E-state index in [1.54, 1.807) is 12.1 Å². The molecule has 1 aliphatic heterocycles. The van der Waals surface area contributed by atoms with Crippen molar-refractivity contribution in [1.82, 2.24) is 9.62 Å². The van der Waals surface area contributed by atoms with Gasteiger partial charge in [0.2, 0.25) is 10.0 Å². The van der Waals surface area contributed by atoms with Crippen LogP contribution in [0.4, 0.5) is 0 Å². The first kappa shape index (κ1) is 17.2. The van der Waals surface area contributed by atoms with Crippen molar-refractivity contribution in [3.8, 4) is 0 Å². The van der Waals surface area contributed by atoms with Gasteiger partial charge in [0.1, 0.15) is 4.90 Å². The molecule has 0 aliphatic carbocycles. The lowest BCUT2D eigenvalue weighted by atomic mass is 10.3. The molecule has 1 unspecified atom stereocenters. The molecule has 8 heteroatoms. The van der Waals surface area contributed by atoms with Crippen molar-refractivity contribution in [2.24, 2.45) is 0 Å². The van der Waals surface area contributed by atoms with E-state index in [0.29, 0.717) is 24.1 Å². The van der Waals surface area contributed by atoms with E-state index in [1.165, 1.54) is 10.4 Å². The van der Waals surface area contributed by atoms with E-state index < -0.39 is 10.0 Å². The number of piperazine rings is 1. The molecular weight excluding hydrogens is 375 g/mol. The van der Waals surface area contributed by atoms with E-state index >= 15 is 0 Å². The van der Waals surface area contributed by atoms with Gasteiger partial charge in [-0.2, -0.15) is 4.31 Å². The van der Waals surface area contributed by atoms with Crippen LogP contribution in [0.2, 0.25) is 5.02 Å². The molecule has 0 radical (unpaired) electrons. The summed E-state index contributed by atoms with van der Waals surface area (Å²) in [4.78, 5) is 0.160. The molecule has 108 valence electrons. The van der Waals surface area contributed by atoms with Crippen LogP contribution in [0.25, 0.3) is 0 Å². The van der Waals surface area contributed by atoms with Gasteiger partial charge in [0.15, 0.2) is 0 Å². The number of benzene rings is 1. The van der Waals surface area contributed by atoms with Crippen molar-refractivity contribution in [3.63, 3.8) is 0 Å². The van der Waals surface area contributed by atoms with E-state index in [1.807, 2.05) is 6.92 Å². The molecule has 1 saturated heterocycles. The minimum Gasteiger partial charge on any atom is -0.314 e. The Kier molecular flexibility index (Phi) is 6.10. The quantitative estimate of drug-likeness (QED) is 0.845. The van der Waals surface area contributed by atoms with E-state index in [0.717, 1.165) is 0 Å². The predicted molar refractivity (Wildman–Crippen MR) is 82.6 cm³/mol. The Bertz CT molecular complexity index is 554. The smallest absolute Gasteiger partial charge is 0.244 e. The van der Waals surface area contributed by atoms with Gasteiger partial charge in [0.05, 0.1) is 5.02 Å². The van der Waals surface area contributed by atoms with Crippen molar-refractivity contribution in [2.45, 2.75) is 17.9 Å². The lowest BCUT2D eigenvalue weighted by molar-refractivity contribution is 0.284. The lowest BCUT2D eigenvalue weighted by Gasteiger charge is -2.33. The Morgan fingerprint density at radius 3 is 2.79 bits per heavy atom. The molecule has 1 aromatic carbocycles. The predicted octanol–water partition coefficient (Wildman–Crippen LogP) is 2.51. The molecule has 19 heavy (non-hydrogen) atoms. The average Bonchev–Trinajstić information content (AvgIpc) is 2.32. The summed E-state index contributed by atoms with van der Waals surface area (Å²) in [5, 5.41) is 3.40. The number of hydrogen-bond acceptors (Lipinski definition) is 3. The van der Waals surface area contributed by atoms with Crippen LogP contribution in [0.1, 0.15) is 6.92 Å². The number of halogens is 3. The van der Waals surface area contributed by atoms with Crippen LogP contribution in [0, 0.1) is 0 Å². The van der Waals surface area contributed by atoms with Crippen LogP contribution >= 0.6 is 39.9 Å². The van der Waals surface area contributed by atoms with E-state index in [4.69, 9.17) is 11.6 Å². The van der Waals surface area contributed by atoms with Crippen LogP contribution in [0.3, 0.4) is 0 Å². The second-order valence-corrected chi connectivity index (χ2v) is 7.31. The highest BCUT2D eigenvalue weighted by molar-refractivity contribution is 9.10. The van der Waals surface area contributed by atoms with Crippen molar-refractivity contribution in [1.29, 1.82) is 0 Å². The molecule has 1 aliphatic rings. The minimum atomic E-state index is -3.53. The molecule has 0 aromatic heterocycles. The largest absolute Gasteiger partial charge is 0.314 e. The van der Waals surface area contributed by atoms with Gasteiger partial charge in [0, 0.05) is 30.1 Å². The van der Waals surface area contributed by atoms with Gasteiger partial charge in [-0.3, -0.25) is 0 Å². The summed E-state index contributed by atoms with van der Waals surface area (Å²) >= 11 is 9.33. The maximum absolute atomic E-state index is 12.6. The van der Waals surface area contributed by atoms with Crippen LogP contribution in [-0.4, -0.2) is 38.4 Å². The third-order valence-electron chi connectivity index (χ3n) is 2.94. The zero-order valence-corrected chi connectivity index (χ0v) is 14.2. The summed E-state index contributed by atoms with van der Waals surface area (Å²) < 4.78 is 27.2. The summed E-state index contributed by atoms with van der Waals surface area (Å²) in [5.41, 5.74) is 0. The Hall–Kier alpha value is 0.150. The van der Waals surface area contributed by atoms with Gasteiger partial charge >= 0.3 is 0 Å². The van der Waals surface area contributed by atoms with Crippen LogP contribution < -0.4 is 5.32 Å². The van der Waals surface area contributed by atoms with Gasteiger partial charge in [-0.25, -0.2) is 8.42 Å². The monoisotopic (exact) mass is 388 g/mol.